The summed E-state index contributed by atoms with van der Waals surface area (Å²) in [7, 11) is -3.68. The summed E-state index contributed by atoms with van der Waals surface area (Å²) in [5.74, 6) is -2.09. The Morgan fingerprint density at radius 3 is 2.45 bits per heavy atom. The molecule has 2 N–H and O–H groups in total. The topological polar surface area (TPSA) is 135 Å². The molecule has 0 fully saturated rings. The van der Waals surface area contributed by atoms with Crippen molar-refractivity contribution in [3.05, 3.63) is 46.8 Å². The molecule has 0 aliphatic carbocycles. The molecule has 1 aromatic carbocycles. The van der Waals surface area contributed by atoms with Gasteiger partial charge in [0.15, 0.2) is 17.0 Å². The first kappa shape index (κ1) is 24.6. The molecule has 1 heterocycles. The number of rotatable bonds is 10. The van der Waals surface area contributed by atoms with E-state index in [1.807, 2.05) is 0 Å². The maximum absolute atomic E-state index is 12.6. The molecule has 12 heteroatoms. The number of ether oxygens (including phenoxy) is 1. The number of carbonyl (C=O) groups is 3. The van der Waals surface area contributed by atoms with Crippen LogP contribution in [0.25, 0.3) is 0 Å². The summed E-state index contributed by atoms with van der Waals surface area (Å²) >= 11 is 3.06. The number of hydrogen-bond acceptors (Lipinski definition) is 7. The fraction of sp³-hybridized carbons (Fsp3) is 0.316. The van der Waals surface area contributed by atoms with Gasteiger partial charge >= 0.3 is 5.97 Å². The van der Waals surface area contributed by atoms with Gasteiger partial charge in [-0.2, -0.15) is 4.31 Å². The van der Waals surface area contributed by atoms with Crippen LogP contribution in [-0.2, 0) is 24.3 Å². The largest absolute Gasteiger partial charge is 0.454 e. The molecular formula is C19H22BrN3O7S. The van der Waals surface area contributed by atoms with Gasteiger partial charge in [0.05, 0.1) is 4.90 Å². The van der Waals surface area contributed by atoms with E-state index in [1.54, 1.807) is 13.8 Å². The maximum Gasteiger partial charge on any atom is 0.325 e. The zero-order valence-corrected chi connectivity index (χ0v) is 19.3. The summed E-state index contributed by atoms with van der Waals surface area (Å²) in [5.41, 5.74) is 0.242. The van der Waals surface area contributed by atoms with Crippen LogP contribution in [0.1, 0.15) is 24.4 Å². The third-order valence-corrected chi connectivity index (χ3v) is 6.49. The van der Waals surface area contributed by atoms with Crippen LogP contribution < -0.4 is 10.6 Å². The summed E-state index contributed by atoms with van der Waals surface area (Å²) in [6, 6.07) is 8.73. The maximum atomic E-state index is 12.6. The van der Waals surface area contributed by atoms with Crippen LogP contribution in [0.5, 0.6) is 0 Å². The number of hydrogen-bond donors (Lipinski definition) is 2. The monoisotopic (exact) mass is 515 g/mol. The number of sulfonamides is 1. The van der Waals surface area contributed by atoms with E-state index >= 15 is 0 Å². The first-order valence-corrected chi connectivity index (χ1v) is 11.5. The molecule has 0 bridgehead atoms. The van der Waals surface area contributed by atoms with Crippen LogP contribution >= 0.6 is 15.9 Å². The van der Waals surface area contributed by atoms with Gasteiger partial charge < -0.3 is 19.8 Å². The molecule has 1 aromatic heterocycles. The van der Waals surface area contributed by atoms with Gasteiger partial charge in [0, 0.05) is 18.8 Å². The van der Waals surface area contributed by atoms with Crippen molar-refractivity contribution in [2.45, 2.75) is 18.7 Å². The SMILES string of the molecule is CCN(CC)S(=O)(=O)c1cccc(NC(=O)COC(=O)CNC(=O)c2ccc(Br)o2)c1. The second kappa shape index (κ2) is 11.1. The lowest BCUT2D eigenvalue weighted by Crippen LogP contribution is -2.32. The first-order chi connectivity index (χ1) is 14.7. The average Bonchev–Trinajstić information content (AvgIpc) is 3.18. The molecule has 0 saturated heterocycles. The van der Waals surface area contributed by atoms with Crippen molar-refractivity contribution in [2.24, 2.45) is 0 Å². The van der Waals surface area contributed by atoms with Crippen molar-refractivity contribution in [1.82, 2.24) is 9.62 Å². The summed E-state index contributed by atoms with van der Waals surface area (Å²) < 4.78 is 36.7. The van der Waals surface area contributed by atoms with Crippen molar-refractivity contribution in [2.75, 3.05) is 31.6 Å². The minimum Gasteiger partial charge on any atom is -0.454 e. The molecule has 0 saturated carbocycles. The van der Waals surface area contributed by atoms with Crippen molar-refractivity contribution >= 4 is 49.4 Å². The van der Waals surface area contributed by atoms with Gasteiger partial charge in [-0.15, -0.1) is 0 Å². The predicted octanol–water partition coefficient (Wildman–Crippen LogP) is 1.98. The van der Waals surface area contributed by atoms with Crippen molar-refractivity contribution in [3.63, 3.8) is 0 Å². The highest BCUT2D eigenvalue weighted by atomic mass is 79.9. The standard InChI is InChI=1S/C19H22BrN3O7S/c1-3-23(4-2)31(27,28)14-7-5-6-13(10-14)22-17(24)12-29-18(25)11-21-19(26)15-8-9-16(20)30-15/h5-10H,3-4,11-12H2,1-2H3,(H,21,26)(H,22,24). The molecule has 0 unspecified atom stereocenters. The molecule has 0 aliphatic heterocycles. The highest BCUT2D eigenvalue weighted by Crippen LogP contribution is 2.19. The molecule has 0 spiro atoms. The number of halogens is 1. The van der Waals surface area contributed by atoms with E-state index in [1.165, 1.54) is 40.7 Å². The molecule has 31 heavy (non-hydrogen) atoms. The Morgan fingerprint density at radius 2 is 1.84 bits per heavy atom. The van der Waals surface area contributed by atoms with Gasteiger partial charge in [0.25, 0.3) is 11.8 Å². The second-order valence-electron chi connectivity index (χ2n) is 6.11. The molecule has 0 radical (unpaired) electrons. The van der Waals surface area contributed by atoms with E-state index in [-0.39, 0.29) is 16.3 Å². The van der Waals surface area contributed by atoms with E-state index in [2.05, 4.69) is 26.6 Å². The number of benzene rings is 1. The molecule has 2 rings (SSSR count). The van der Waals surface area contributed by atoms with Crippen LogP contribution in [0.4, 0.5) is 5.69 Å². The lowest BCUT2D eigenvalue weighted by atomic mass is 10.3. The molecule has 10 nitrogen and oxygen atoms in total. The van der Waals surface area contributed by atoms with E-state index in [9.17, 15) is 22.8 Å². The highest BCUT2D eigenvalue weighted by Gasteiger charge is 2.22. The minimum absolute atomic E-state index is 0.0111. The number of nitrogens with zero attached hydrogens (tertiary/aromatic N) is 1. The summed E-state index contributed by atoms with van der Waals surface area (Å²) in [6.45, 7) is 3.04. The lowest BCUT2D eigenvalue weighted by molar-refractivity contribution is -0.146. The van der Waals surface area contributed by atoms with Gasteiger partial charge in [-0.05, 0) is 46.3 Å². The number of anilines is 1. The second-order valence-corrected chi connectivity index (χ2v) is 8.83. The van der Waals surface area contributed by atoms with Gasteiger partial charge in [-0.25, -0.2) is 8.42 Å². The van der Waals surface area contributed by atoms with Gasteiger partial charge in [-0.3, -0.25) is 14.4 Å². The summed E-state index contributed by atoms with van der Waals surface area (Å²) in [5, 5.41) is 4.77. The lowest BCUT2D eigenvalue weighted by Gasteiger charge is -2.18. The van der Waals surface area contributed by atoms with Crippen LogP contribution in [0, 0.1) is 0 Å². The van der Waals surface area contributed by atoms with E-state index in [0.29, 0.717) is 17.8 Å². The molecule has 168 valence electrons. The fourth-order valence-electron chi connectivity index (χ4n) is 2.52. The zero-order chi connectivity index (χ0) is 23.0. The normalized spacial score (nSPS) is 11.2. The first-order valence-electron chi connectivity index (χ1n) is 9.26. The van der Waals surface area contributed by atoms with Crippen molar-refractivity contribution < 1.29 is 32.0 Å². The highest BCUT2D eigenvalue weighted by molar-refractivity contribution is 9.10. The summed E-state index contributed by atoms with van der Waals surface area (Å²) in [6.07, 6.45) is 0. The van der Waals surface area contributed by atoms with E-state index in [0.717, 1.165) is 0 Å². The number of nitrogens with one attached hydrogen (secondary N) is 2. The molecule has 0 aliphatic rings. The third-order valence-electron chi connectivity index (χ3n) is 4.02. The zero-order valence-electron chi connectivity index (χ0n) is 16.9. The Hall–Kier alpha value is -2.70. The summed E-state index contributed by atoms with van der Waals surface area (Å²) in [4.78, 5) is 35.6. The Morgan fingerprint density at radius 1 is 1.13 bits per heavy atom. The molecule has 2 aromatic rings. The Balaban J connectivity index is 1.86. The number of esters is 1. The molecule has 0 atom stereocenters. The average molecular weight is 516 g/mol. The Labute approximate surface area is 188 Å². The van der Waals surface area contributed by atoms with Gasteiger partial charge in [0.2, 0.25) is 10.0 Å². The van der Waals surface area contributed by atoms with Crippen LogP contribution in [-0.4, -0.2) is 56.7 Å². The van der Waals surface area contributed by atoms with Gasteiger partial charge in [0.1, 0.15) is 6.54 Å². The number of carbonyl (C=O) groups excluding carboxylic acids is 3. The third kappa shape index (κ3) is 6.91. The van der Waals surface area contributed by atoms with Crippen LogP contribution in [0.15, 0.2) is 50.4 Å². The fourth-order valence-corrected chi connectivity index (χ4v) is 4.33. The Bertz CT molecular complexity index is 1050. The van der Waals surface area contributed by atoms with E-state index < -0.39 is 41.0 Å². The van der Waals surface area contributed by atoms with Crippen LogP contribution in [0.2, 0.25) is 0 Å². The molecular weight excluding hydrogens is 494 g/mol. The minimum atomic E-state index is -3.68. The smallest absolute Gasteiger partial charge is 0.325 e. The number of amides is 2. The Kier molecular flexibility index (Phi) is 8.77. The predicted molar refractivity (Wildman–Crippen MR) is 115 cm³/mol. The van der Waals surface area contributed by atoms with E-state index in [4.69, 9.17) is 9.15 Å². The van der Waals surface area contributed by atoms with Crippen molar-refractivity contribution in [1.29, 1.82) is 0 Å². The van der Waals surface area contributed by atoms with Crippen LogP contribution in [0.3, 0.4) is 0 Å². The van der Waals surface area contributed by atoms with Crippen molar-refractivity contribution in [3.8, 4) is 0 Å². The molecule has 2 amide bonds. The van der Waals surface area contributed by atoms with Gasteiger partial charge in [-0.1, -0.05) is 19.9 Å². The quantitative estimate of drug-likeness (QED) is 0.461. The number of furan rings is 1.